The monoisotopic (exact) mass is 258 g/mol. The number of carbonyl (C=O) groups excluding carboxylic acids is 1. The number of likely N-dealkylation sites (tertiary alicyclic amines) is 1. The minimum Gasteiger partial charge on any atom is -0.444 e. The maximum Gasteiger partial charge on any atom is 0.410 e. The van der Waals surface area contributed by atoms with Crippen LogP contribution in [-0.4, -0.2) is 47.4 Å². The van der Waals surface area contributed by atoms with Gasteiger partial charge < -0.3 is 15.0 Å². The summed E-state index contributed by atoms with van der Waals surface area (Å²) < 4.78 is 5.34. The SMILES string of the molecule is CC(C)(C)OC(=O)N1CC(C2NCCCS2)C1. The summed E-state index contributed by atoms with van der Waals surface area (Å²) >= 11 is 1.98. The smallest absolute Gasteiger partial charge is 0.410 e. The first-order valence-corrected chi connectivity index (χ1v) is 7.33. The molecule has 0 aromatic heterocycles. The van der Waals surface area contributed by atoms with Gasteiger partial charge in [0.1, 0.15) is 5.60 Å². The molecule has 2 aliphatic heterocycles. The zero-order chi connectivity index (χ0) is 12.5. The Morgan fingerprint density at radius 3 is 2.65 bits per heavy atom. The second kappa shape index (κ2) is 5.06. The average Bonchev–Trinajstić information content (AvgIpc) is 2.14. The fraction of sp³-hybridized carbons (Fsp3) is 0.917. The maximum atomic E-state index is 11.7. The molecule has 1 N–H and O–H groups in total. The zero-order valence-corrected chi connectivity index (χ0v) is 11.7. The molecular weight excluding hydrogens is 236 g/mol. The van der Waals surface area contributed by atoms with E-state index in [1.54, 1.807) is 4.90 Å². The van der Waals surface area contributed by atoms with E-state index in [2.05, 4.69) is 5.32 Å². The molecule has 1 amide bonds. The Bertz CT molecular complexity index is 279. The van der Waals surface area contributed by atoms with Crippen molar-refractivity contribution < 1.29 is 9.53 Å². The van der Waals surface area contributed by atoms with Crippen LogP contribution in [0.4, 0.5) is 4.79 Å². The van der Waals surface area contributed by atoms with Crippen LogP contribution in [0, 0.1) is 5.92 Å². The third-order valence-corrected chi connectivity index (χ3v) is 4.39. The summed E-state index contributed by atoms with van der Waals surface area (Å²) in [6, 6.07) is 0. The van der Waals surface area contributed by atoms with Crippen molar-refractivity contribution in [3.63, 3.8) is 0 Å². The quantitative estimate of drug-likeness (QED) is 0.780. The number of hydrogen-bond donors (Lipinski definition) is 1. The minimum atomic E-state index is -0.389. The molecule has 2 heterocycles. The molecule has 2 fully saturated rings. The minimum absolute atomic E-state index is 0.172. The molecule has 2 saturated heterocycles. The molecule has 17 heavy (non-hydrogen) atoms. The number of nitrogens with zero attached hydrogens (tertiary/aromatic N) is 1. The molecule has 0 radical (unpaired) electrons. The summed E-state index contributed by atoms with van der Waals surface area (Å²) in [6.07, 6.45) is 1.08. The van der Waals surface area contributed by atoms with Crippen molar-refractivity contribution in [3.05, 3.63) is 0 Å². The fourth-order valence-electron chi connectivity index (χ4n) is 2.07. The van der Waals surface area contributed by atoms with Gasteiger partial charge in [0.25, 0.3) is 0 Å². The van der Waals surface area contributed by atoms with Gasteiger partial charge in [0, 0.05) is 19.0 Å². The van der Waals surface area contributed by atoms with Gasteiger partial charge in [-0.3, -0.25) is 0 Å². The Labute approximate surface area is 107 Å². The highest BCUT2D eigenvalue weighted by Gasteiger charge is 2.38. The van der Waals surface area contributed by atoms with Crippen LogP contribution in [0.2, 0.25) is 0 Å². The second-order valence-corrected chi connectivity index (χ2v) is 6.99. The standard InChI is InChI=1S/C12H22N2O2S/c1-12(2,3)16-11(15)14-7-9(8-14)10-13-5-4-6-17-10/h9-10,13H,4-8H2,1-3H3. The molecular formula is C12H22N2O2S. The third-order valence-electron chi connectivity index (χ3n) is 2.95. The van der Waals surface area contributed by atoms with Gasteiger partial charge in [0.2, 0.25) is 0 Å². The van der Waals surface area contributed by atoms with Gasteiger partial charge >= 0.3 is 6.09 Å². The molecule has 0 bridgehead atoms. The van der Waals surface area contributed by atoms with E-state index in [1.165, 1.54) is 12.2 Å². The van der Waals surface area contributed by atoms with E-state index in [1.807, 2.05) is 32.5 Å². The number of rotatable bonds is 1. The number of amides is 1. The first kappa shape index (κ1) is 13.0. The summed E-state index contributed by atoms with van der Waals surface area (Å²) in [7, 11) is 0. The molecule has 0 aliphatic carbocycles. The number of thioether (sulfide) groups is 1. The van der Waals surface area contributed by atoms with E-state index in [-0.39, 0.29) is 11.7 Å². The highest BCUT2D eigenvalue weighted by Crippen LogP contribution is 2.29. The molecule has 5 heteroatoms. The molecule has 0 aromatic carbocycles. The molecule has 2 rings (SSSR count). The van der Waals surface area contributed by atoms with Gasteiger partial charge in [-0.1, -0.05) is 0 Å². The van der Waals surface area contributed by atoms with Crippen LogP contribution in [0.5, 0.6) is 0 Å². The highest BCUT2D eigenvalue weighted by atomic mass is 32.2. The molecule has 98 valence electrons. The molecule has 0 aromatic rings. The Morgan fingerprint density at radius 1 is 1.41 bits per heavy atom. The maximum absolute atomic E-state index is 11.7. The fourth-order valence-corrected chi connectivity index (χ4v) is 3.31. The van der Waals surface area contributed by atoms with Gasteiger partial charge in [-0.15, -0.1) is 11.8 Å². The van der Waals surface area contributed by atoms with Gasteiger partial charge in [0.15, 0.2) is 0 Å². The lowest BCUT2D eigenvalue weighted by atomic mass is 10.0. The normalized spacial score (nSPS) is 26.5. The summed E-state index contributed by atoms with van der Waals surface area (Å²) in [5, 5.41) is 4.04. The highest BCUT2D eigenvalue weighted by molar-refractivity contribution is 7.99. The van der Waals surface area contributed by atoms with Crippen molar-refractivity contribution in [2.75, 3.05) is 25.4 Å². The third kappa shape index (κ3) is 3.52. The second-order valence-electron chi connectivity index (χ2n) is 5.74. The van der Waals surface area contributed by atoms with Crippen LogP contribution in [-0.2, 0) is 4.74 Å². The summed E-state index contributed by atoms with van der Waals surface area (Å²) in [5.41, 5.74) is -0.389. The van der Waals surface area contributed by atoms with Crippen LogP contribution in [0.1, 0.15) is 27.2 Å². The summed E-state index contributed by atoms with van der Waals surface area (Å²) in [4.78, 5) is 13.5. The van der Waals surface area contributed by atoms with E-state index < -0.39 is 0 Å². The van der Waals surface area contributed by atoms with Crippen molar-refractivity contribution in [1.29, 1.82) is 0 Å². The van der Waals surface area contributed by atoms with Crippen molar-refractivity contribution in [2.24, 2.45) is 5.92 Å². The largest absolute Gasteiger partial charge is 0.444 e. The molecule has 1 unspecified atom stereocenters. The first-order valence-electron chi connectivity index (χ1n) is 6.28. The van der Waals surface area contributed by atoms with Crippen molar-refractivity contribution in [1.82, 2.24) is 10.2 Å². The molecule has 4 nitrogen and oxygen atoms in total. The lowest BCUT2D eigenvalue weighted by Gasteiger charge is -2.44. The topological polar surface area (TPSA) is 41.6 Å². The van der Waals surface area contributed by atoms with E-state index >= 15 is 0 Å². The van der Waals surface area contributed by atoms with E-state index in [0.717, 1.165) is 19.6 Å². The Balaban J connectivity index is 1.72. The van der Waals surface area contributed by atoms with E-state index in [9.17, 15) is 4.79 Å². The van der Waals surface area contributed by atoms with Gasteiger partial charge in [-0.05, 0) is 39.5 Å². The Kier molecular flexibility index (Phi) is 3.88. The van der Waals surface area contributed by atoms with Gasteiger partial charge in [-0.2, -0.15) is 0 Å². The molecule has 0 saturated carbocycles. The summed E-state index contributed by atoms with van der Waals surface area (Å²) in [5.74, 6) is 1.83. The molecule has 2 aliphatic rings. The molecule has 0 spiro atoms. The summed E-state index contributed by atoms with van der Waals surface area (Å²) in [6.45, 7) is 8.49. The Hall–Kier alpha value is -0.420. The van der Waals surface area contributed by atoms with Crippen LogP contribution < -0.4 is 5.32 Å². The number of hydrogen-bond acceptors (Lipinski definition) is 4. The van der Waals surface area contributed by atoms with Crippen LogP contribution in [0.15, 0.2) is 0 Å². The average molecular weight is 258 g/mol. The van der Waals surface area contributed by atoms with Gasteiger partial charge in [-0.25, -0.2) is 4.79 Å². The number of ether oxygens (including phenoxy) is 1. The van der Waals surface area contributed by atoms with E-state index in [4.69, 9.17) is 4.74 Å². The van der Waals surface area contributed by atoms with Crippen LogP contribution in [0.3, 0.4) is 0 Å². The Morgan fingerprint density at radius 2 is 2.12 bits per heavy atom. The van der Waals surface area contributed by atoms with Crippen molar-refractivity contribution in [2.45, 2.75) is 38.2 Å². The van der Waals surface area contributed by atoms with E-state index in [0.29, 0.717) is 11.3 Å². The lowest BCUT2D eigenvalue weighted by Crippen LogP contribution is -2.58. The first-order chi connectivity index (χ1) is 7.96. The predicted octanol–water partition coefficient (Wildman–Crippen LogP) is 1.91. The van der Waals surface area contributed by atoms with Crippen molar-refractivity contribution in [3.8, 4) is 0 Å². The number of nitrogens with one attached hydrogen (secondary N) is 1. The zero-order valence-electron chi connectivity index (χ0n) is 10.9. The van der Waals surface area contributed by atoms with Crippen LogP contribution in [0.25, 0.3) is 0 Å². The molecule has 1 atom stereocenters. The van der Waals surface area contributed by atoms with Gasteiger partial charge in [0.05, 0.1) is 5.37 Å². The number of carbonyl (C=O) groups is 1. The van der Waals surface area contributed by atoms with Crippen LogP contribution >= 0.6 is 11.8 Å². The lowest BCUT2D eigenvalue weighted by molar-refractivity contribution is -0.00239. The predicted molar refractivity (Wildman–Crippen MR) is 70.2 cm³/mol. The van der Waals surface area contributed by atoms with Crippen molar-refractivity contribution >= 4 is 17.9 Å².